The first kappa shape index (κ1) is 28.7. The molecule has 9 heteroatoms. The van der Waals surface area contributed by atoms with Gasteiger partial charge in [-0.05, 0) is 48.7 Å². The van der Waals surface area contributed by atoms with E-state index in [1.807, 2.05) is 37.4 Å². The van der Waals surface area contributed by atoms with Crippen LogP contribution >= 0.6 is 0 Å². The summed E-state index contributed by atoms with van der Waals surface area (Å²) in [6.45, 7) is 11.6. The van der Waals surface area contributed by atoms with Crippen LogP contribution in [0.1, 0.15) is 44.2 Å². The average Bonchev–Trinajstić information content (AvgIpc) is 3.43. The monoisotopic (exact) mass is 519 g/mol. The van der Waals surface area contributed by atoms with Gasteiger partial charge in [0.25, 0.3) is 0 Å². The predicted octanol–water partition coefficient (Wildman–Crippen LogP) is 4.16. The molecule has 2 aromatic heterocycles. The number of pyridine rings is 1. The first-order valence-corrected chi connectivity index (χ1v) is 12.7. The highest BCUT2D eigenvalue weighted by Gasteiger charge is 2.19. The van der Waals surface area contributed by atoms with E-state index in [9.17, 15) is 4.79 Å². The van der Waals surface area contributed by atoms with Gasteiger partial charge in [-0.25, -0.2) is 4.98 Å². The molecule has 0 unspecified atom stereocenters. The van der Waals surface area contributed by atoms with Crippen molar-refractivity contribution >= 4 is 17.9 Å². The van der Waals surface area contributed by atoms with Crippen molar-refractivity contribution in [1.82, 2.24) is 15.0 Å². The zero-order valence-corrected chi connectivity index (χ0v) is 22.6. The van der Waals surface area contributed by atoms with Crippen LogP contribution in [0.5, 0.6) is 5.75 Å². The van der Waals surface area contributed by atoms with Gasteiger partial charge in [-0.2, -0.15) is 0 Å². The molecule has 1 aliphatic heterocycles. The normalized spacial score (nSPS) is 13.4. The third-order valence-corrected chi connectivity index (χ3v) is 5.68. The summed E-state index contributed by atoms with van der Waals surface area (Å²) in [5.41, 5.74) is 2.33. The smallest absolute Gasteiger partial charge is 0.211 e. The van der Waals surface area contributed by atoms with E-state index in [2.05, 4.69) is 58.3 Å². The van der Waals surface area contributed by atoms with Crippen molar-refractivity contribution in [1.29, 1.82) is 0 Å². The molecule has 0 atom stereocenters. The fourth-order valence-corrected chi connectivity index (χ4v) is 3.44. The van der Waals surface area contributed by atoms with E-state index in [1.165, 1.54) is 0 Å². The highest BCUT2D eigenvalue weighted by atomic mass is 16.5. The Morgan fingerprint density at radius 2 is 1.87 bits per heavy atom. The Kier molecular flexibility index (Phi) is 11.1. The Morgan fingerprint density at radius 1 is 1.11 bits per heavy atom. The third-order valence-electron chi connectivity index (χ3n) is 5.68. The van der Waals surface area contributed by atoms with Crippen molar-refractivity contribution < 1.29 is 18.8 Å². The van der Waals surface area contributed by atoms with Crippen LogP contribution < -0.4 is 15.4 Å². The molecule has 9 nitrogen and oxygen atoms in total. The molecule has 1 fully saturated rings. The van der Waals surface area contributed by atoms with Gasteiger partial charge in [-0.3, -0.25) is 9.69 Å². The second-order valence-corrected chi connectivity index (χ2v) is 9.70. The van der Waals surface area contributed by atoms with E-state index in [4.69, 9.17) is 14.0 Å². The van der Waals surface area contributed by atoms with Crippen LogP contribution in [0.15, 0.2) is 53.2 Å². The molecule has 202 valence electrons. The third kappa shape index (κ3) is 9.88. The van der Waals surface area contributed by atoms with Gasteiger partial charge < -0.3 is 24.6 Å². The average molecular weight is 520 g/mol. The maximum atomic E-state index is 10.4. The summed E-state index contributed by atoms with van der Waals surface area (Å²) in [5.74, 6) is 8.53. The molecule has 0 bridgehead atoms. The molecule has 3 heterocycles. The van der Waals surface area contributed by atoms with Crippen molar-refractivity contribution in [3.63, 3.8) is 0 Å². The second-order valence-electron chi connectivity index (χ2n) is 9.70. The molecular weight excluding hydrogens is 482 g/mol. The van der Waals surface area contributed by atoms with Crippen molar-refractivity contribution in [2.45, 2.75) is 32.6 Å². The number of carbonyl (C=O) groups is 1. The Bertz CT molecular complexity index is 1170. The number of amides is 1. The van der Waals surface area contributed by atoms with Crippen LogP contribution in [0, 0.1) is 11.8 Å². The molecule has 0 saturated carbocycles. The summed E-state index contributed by atoms with van der Waals surface area (Å²) in [7, 11) is 1.82. The molecule has 1 amide bonds. The molecule has 0 radical (unpaired) electrons. The number of ether oxygens (including phenoxy) is 2. The Balaban J connectivity index is 0.000000304. The molecule has 0 spiro atoms. The van der Waals surface area contributed by atoms with Gasteiger partial charge in [0.05, 0.1) is 26.0 Å². The zero-order chi connectivity index (χ0) is 27.2. The standard InChI is InChI=1S/C21H23N3O3.C8H14N2O/c25-17-23-20-6-3-18(4-7-20)2-5-19-8-9-21(16-22-19)27-13-1-10-24-11-14-26-15-12-24;1-8(2,3)6-5-7(9-4)10-11-6/h3-4,6-9,16-17H,1,10-15H2,(H,23,25);5H,1-4H3,(H,9,10). The lowest BCUT2D eigenvalue weighted by atomic mass is 9.93. The van der Waals surface area contributed by atoms with E-state index < -0.39 is 0 Å². The van der Waals surface area contributed by atoms with E-state index in [1.54, 1.807) is 18.3 Å². The zero-order valence-electron chi connectivity index (χ0n) is 22.6. The molecule has 0 aliphatic carbocycles. The quantitative estimate of drug-likeness (QED) is 0.260. The second kappa shape index (κ2) is 14.8. The lowest BCUT2D eigenvalue weighted by Gasteiger charge is -2.26. The molecule has 38 heavy (non-hydrogen) atoms. The minimum absolute atomic E-state index is 0.0437. The van der Waals surface area contributed by atoms with Crippen molar-refractivity contribution in [3.05, 3.63) is 65.7 Å². The van der Waals surface area contributed by atoms with Gasteiger partial charge in [0.15, 0.2) is 5.82 Å². The Morgan fingerprint density at radius 3 is 2.45 bits per heavy atom. The van der Waals surface area contributed by atoms with Crippen LogP contribution in [0.3, 0.4) is 0 Å². The minimum atomic E-state index is 0.0437. The largest absolute Gasteiger partial charge is 0.492 e. The highest BCUT2D eigenvalue weighted by molar-refractivity contribution is 5.71. The molecular formula is C29H37N5O4. The number of benzene rings is 1. The van der Waals surface area contributed by atoms with Crippen LogP contribution in [-0.4, -0.2) is 68.0 Å². The van der Waals surface area contributed by atoms with E-state index in [0.717, 1.165) is 67.8 Å². The summed E-state index contributed by atoms with van der Waals surface area (Å²) in [6, 6.07) is 13.0. The number of nitrogens with one attached hydrogen (secondary N) is 2. The van der Waals surface area contributed by atoms with Crippen LogP contribution in [0.25, 0.3) is 0 Å². The molecule has 1 aliphatic rings. The van der Waals surface area contributed by atoms with Gasteiger partial charge in [-0.1, -0.05) is 31.8 Å². The number of anilines is 2. The van der Waals surface area contributed by atoms with Crippen LogP contribution in [0.2, 0.25) is 0 Å². The van der Waals surface area contributed by atoms with Crippen LogP contribution in [0.4, 0.5) is 11.5 Å². The lowest BCUT2D eigenvalue weighted by Crippen LogP contribution is -2.37. The topological polar surface area (TPSA) is 102 Å². The maximum absolute atomic E-state index is 10.4. The van der Waals surface area contributed by atoms with Gasteiger partial charge in [0.2, 0.25) is 6.41 Å². The first-order chi connectivity index (χ1) is 18.4. The Hall–Kier alpha value is -3.87. The predicted molar refractivity (Wildman–Crippen MR) is 148 cm³/mol. The number of morpholine rings is 1. The van der Waals surface area contributed by atoms with Crippen molar-refractivity contribution in [2.75, 3.05) is 57.1 Å². The SMILES string of the molecule is CNc1cc(C(C)(C)C)on1.O=CNc1ccc(C#Cc2ccc(OCCCN3CCOCC3)cn2)cc1. The molecule has 4 rings (SSSR count). The van der Waals surface area contributed by atoms with E-state index >= 15 is 0 Å². The number of carbonyl (C=O) groups excluding carboxylic acids is 1. The molecule has 1 saturated heterocycles. The fraction of sp³-hybridized carbons (Fsp3) is 0.414. The number of nitrogens with zero attached hydrogens (tertiary/aromatic N) is 3. The van der Waals surface area contributed by atoms with E-state index in [0.29, 0.717) is 18.7 Å². The molecule has 2 N–H and O–H groups in total. The van der Waals surface area contributed by atoms with Crippen molar-refractivity contribution in [2.24, 2.45) is 0 Å². The molecule has 3 aromatic rings. The number of aromatic nitrogens is 2. The van der Waals surface area contributed by atoms with Gasteiger partial charge >= 0.3 is 0 Å². The van der Waals surface area contributed by atoms with Crippen LogP contribution in [-0.2, 0) is 14.9 Å². The summed E-state index contributed by atoms with van der Waals surface area (Å²) < 4.78 is 16.2. The minimum Gasteiger partial charge on any atom is -0.492 e. The van der Waals surface area contributed by atoms with Gasteiger partial charge in [0, 0.05) is 49.4 Å². The highest BCUT2D eigenvalue weighted by Crippen LogP contribution is 2.23. The number of rotatable bonds is 8. The Labute approximate surface area is 224 Å². The van der Waals surface area contributed by atoms with Gasteiger partial charge in [0.1, 0.15) is 17.2 Å². The fourth-order valence-electron chi connectivity index (χ4n) is 3.44. The lowest BCUT2D eigenvalue weighted by molar-refractivity contribution is -0.105. The number of hydrogen-bond donors (Lipinski definition) is 2. The maximum Gasteiger partial charge on any atom is 0.211 e. The number of hydrogen-bond acceptors (Lipinski definition) is 8. The summed E-state index contributed by atoms with van der Waals surface area (Å²) >= 11 is 0. The van der Waals surface area contributed by atoms with Crippen molar-refractivity contribution in [3.8, 4) is 17.6 Å². The first-order valence-electron chi connectivity index (χ1n) is 12.7. The summed E-state index contributed by atoms with van der Waals surface area (Å²) in [6.07, 6.45) is 3.34. The molecule has 1 aromatic carbocycles. The summed E-state index contributed by atoms with van der Waals surface area (Å²) in [5, 5.41) is 9.32. The van der Waals surface area contributed by atoms with Gasteiger partial charge in [-0.15, -0.1) is 0 Å². The van der Waals surface area contributed by atoms with E-state index in [-0.39, 0.29) is 5.41 Å². The summed E-state index contributed by atoms with van der Waals surface area (Å²) in [4.78, 5) is 17.1.